The summed E-state index contributed by atoms with van der Waals surface area (Å²) in [6.07, 6.45) is 18.5. The Hall–Kier alpha value is -6.19. The van der Waals surface area contributed by atoms with Gasteiger partial charge < -0.3 is 47.5 Å². The Kier molecular flexibility index (Phi) is 25.8. The summed E-state index contributed by atoms with van der Waals surface area (Å²) in [6.45, 7) is 4.98. The van der Waals surface area contributed by atoms with Gasteiger partial charge in [0.15, 0.2) is 0 Å². The SMILES string of the molecule is O=C(CCCCCCCNc1ccn(O)c(=O)n1)NCCN(CCNC(=O)CCCCCCCNc1ccn(O)c(=O)n1)CCNC(=O)CCCCCCCNc1ccn(O)c(=O)n1. The first kappa shape index (κ1) is 52.2. The molecular weight excluding hydrogens is 831 g/mol. The van der Waals surface area contributed by atoms with E-state index < -0.39 is 17.1 Å². The van der Waals surface area contributed by atoms with Gasteiger partial charge in [-0.25, -0.2) is 14.4 Å². The Morgan fingerprint density at radius 3 is 0.969 bits per heavy atom. The predicted octanol–water partition coefficient (Wildman–Crippen LogP) is 2.38. The summed E-state index contributed by atoms with van der Waals surface area (Å²) in [7, 11) is 0. The van der Waals surface area contributed by atoms with Gasteiger partial charge in [0.25, 0.3) is 0 Å². The van der Waals surface area contributed by atoms with Crippen LogP contribution < -0.4 is 49.0 Å². The number of unbranched alkanes of at least 4 members (excludes halogenated alkanes) is 12. The minimum Gasteiger partial charge on any atom is -0.424 e. The van der Waals surface area contributed by atoms with Crippen LogP contribution in [0.5, 0.6) is 0 Å². The fourth-order valence-electron chi connectivity index (χ4n) is 6.62. The van der Waals surface area contributed by atoms with Crippen LogP contribution in [0.25, 0.3) is 0 Å². The van der Waals surface area contributed by atoms with Gasteiger partial charge in [0.1, 0.15) is 17.5 Å². The normalized spacial score (nSPS) is 11.0. The Balaban J connectivity index is 1.26. The number of aromatic nitrogens is 6. The Labute approximate surface area is 373 Å². The number of amides is 3. The lowest BCUT2D eigenvalue weighted by atomic mass is 10.1. The molecule has 356 valence electrons. The first-order chi connectivity index (χ1) is 31.0. The number of nitrogens with one attached hydrogen (secondary N) is 6. The average Bonchev–Trinajstić information content (AvgIpc) is 3.27. The van der Waals surface area contributed by atoms with E-state index in [4.69, 9.17) is 0 Å². The van der Waals surface area contributed by atoms with Crippen molar-refractivity contribution in [3.8, 4) is 0 Å². The van der Waals surface area contributed by atoms with Gasteiger partial charge >= 0.3 is 17.1 Å². The molecule has 0 aliphatic carbocycles. The first-order valence-corrected chi connectivity index (χ1v) is 22.6. The lowest BCUT2D eigenvalue weighted by molar-refractivity contribution is -0.121. The van der Waals surface area contributed by atoms with Gasteiger partial charge in [0.05, 0.1) is 18.6 Å². The van der Waals surface area contributed by atoms with Gasteiger partial charge in [-0.05, 0) is 38.5 Å². The second-order valence-corrected chi connectivity index (χ2v) is 15.5. The van der Waals surface area contributed by atoms with Crippen LogP contribution in [-0.2, 0) is 14.4 Å². The van der Waals surface area contributed by atoms with Crippen LogP contribution in [0, 0.1) is 0 Å². The Bertz CT molecular complexity index is 1770. The summed E-state index contributed by atoms with van der Waals surface area (Å²) in [4.78, 5) is 85.2. The van der Waals surface area contributed by atoms with E-state index in [-0.39, 0.29) is 17.7 Å². The minimum absolute atomic E-state index is 0.0156. The van der Waals surface area contributed by atoms with E-state index >= 15 is 0 Å². The van der Waals surface area contributed by atoms with E-state index in [1.54, 1.807) is 0 Å². The van der Waals surface area contributed by atoms with E-state index in [0.717, 1.165) is 96.3 Å². The third kappa shape index (κ3) is 23.9. The van der Waals surface area contributed by atoms with E-state index in [1.807, 2.05) is 0 Å². The second kappa shape index (κ2) is 31.6. The minimum atomic E-state index is -0.737. The van der Waals surface area contributed by atoms with Gasteiger partial charge in [-0.3, -0.25) is 19.3 Å². The van der Waals surface area contributed by atoms with Gasteiger partial charge in [-0.2, -0.15) is 15.0 Å². The Morgan fingerprint density at radius 2 is 0.688 bits per heavy atom. The molecule has 3 heterocycles. The van der Waals surface area contributed by atoms with Gasteiger partial charge in [0, 0.05) is 96.4 Å². The lowest BCUT2D eigenvalue weighted by Crippen LogP contribution is -2.43. The maximum absolute atomic E-state index is 12.6. The molecule has 3 rings (SSSR count). The van der Waals surface area contributed by atoms with E-state index in [0.29, 0.717) is 110 Å². The molecular formula is C42H69N13O9. The van der Waals surface area contributed by atoms with Crippen LogP contribution in [0.15, 0.2) is 51.2 Å². The molecule has 0 aliphatic heterocycles. The number of anilines is 3. The summed E-state index contributed by atoms with van der Waals surface area (Å²) < 4.78 is 1.27. The van der Waals surface area contributed by atoms with Crippen molar-refractivity contribution >= 4 is 35.2 Å². The Morgan fingerprint density at radius 1 is 0.422 bits per heavy atom. The number of carbonyl (C=O) groups excluding carboxylic acids is 3. The molecule has 0 aromatic carbocycles. The molecule has 0 saturated carbocycles. The topological polar surface area (TPSA) is 292 Å². The van der Waals surface area contributed by atoms with Crippen LogP contribution in [0.4, 0.5) is 17.5 Å². The summed E-state index contributed by atoms with van der Waals surface area (Å²) in [5, 5.41) is 45.9. The quantitative estimate of drug-likeness (QED) is 0.0299. The number of hydrogen-bond acceptors (Lipinski definition) is 16. The van der Waals surface area contributed by atoms with E-state index in [2.05, 4.69) is 51.8 Å². The molecule has 9 N–H and O–H groups in total. The molecule has 0 spiro atoms. The second-order valence-electron chi connectivity index (χ2n) is 15.5. The summed E-state index contributed by atoms with van der Waals surface area (Å²) >= 11 is 0. The fraction of sp³-hybridized carbons (Fsp3) is 0.643. The van der Waals surface area contributed by atoms with Crippen LogP contribution in [-0.4, -0.2) is 126 Å². The molecule has 0 bridgehead atoms. The van der Waals surface area contributed by atoms with Crippen molar-refractivity contribution in [3.05, 3.63) is 68.2 Å². The molecule has 0 atom stereocenters. The number of hydrogen-bond donors (Lipinski definition) is 9. The maximum atomic E-state index is 12.6. The summed E-state index contributed by atoms with van der Waals surface area (Å²) in [5.74, 6) is 1.21. The standard InChI is InChI=1S/C42H69N13O9/c56-37(16-10-4-1-7-13-22-43-34-19-28-53(62)40(59)49-34)46-25-31-52(32-26-47-38(57)17-11-5-2-8-14-23-44-35-20-29-54(63)41(60)50-35)33-27-48-39(58)18-12-6-3-9-15-24-45-36-21-30-55(64)42(61)51-36/h19-21,28-30,62-64H,1-18,22-27,31-33H2,(H,46,56)(H,47,57)(H,48,58)(H,43,49,59)(H,44,50,60)(H,45,51,61). The highest BCUT2D eigenvalue weighted by Crippen LogP contribution is 2.09. The van der Waals surface area contributed by atoms with Crippen molar-refractivity contribution in [2.75, 3.05) is 74.9 Å². The van der Waals surface area contributed by atoms with Crippen LogP contribution in [0.1, 0.15) is 116 Å². The molecule has 3 aromatic heterocycles. The van der Waals surface area contributed by atoms with Crippen molar-refractivity contribution in [3.63, 3.8) is 0 Å². The summed E-state index contributed by atoms with van der Waals surface area (Å²) in [6, 6.07) is 4.58. The highest BCUT2D eigenvalue weighted by Gasteiger charge is 2.10. The van der Waals surface area contributed by atoms with Crippen molar-refractivity contribution in [2.24, 2.45) is 0 Å². The van der Waals surface area contributed by atoms with E-state index in [1.165, 1.54) is 36.8 Å². The van der Waals surface area contributed by atoms with Crippen LogP contribution in [0.3, 0.4) is 0 Å². The predicted molar refractivity (Wildman–Crippen MR) is 241 cm³/mol. The number of nitrogens with zero attached hydrogens (tertiary/aromatic N) is 7. The van der Waals surface area contributed by atoms with Gasteiger partial charge in [-0.15, -0.1) is 14.2 Å². The fourth-order valence-corrected chi connectivity index (χ4v) is 6.62. The maximum Gasteiger partial charge on any atom is 0.382 e. The third-order valence-corrected chi connectivity index (χ3v) is 10.3. The van der Waals surface area contributed by atoms with Gasteiger partial charge in [-0.1, -0.05) is 57.8 Å². The van der Waals surface area contributed by atoms with Crippen molar-refractivity contribution < 1.29 is 30.0 Å². The van der Waals surface area contributed by atoms with Crippen molar-refractivity contribution in [1.29, 1.82) is 0 Å². The zero-order valence-electron chi connectivity index (χ0n) is 37.0. The van der Waals surface area contributed by atoms with Crippen LogP contribution >= 0.6 is 0 Å². The molecule has 0 radical (unpaired) electrons. The molecule has 0 fully saturated rings. The highest BCUT2D eigenvalue weighted by atomic mass is 16.5. The number of carbonyl (C=O) groups is 3. The molecule has 64 heavy (non-hydrogen) atoms. The average molecular weight is 900 g/mol. The largest absolute Gasteiger partial charge is 0.424 e. The van der Waals surface area contributed by atoms with Crippen LogP contribution in [0.2, 0.25) is 0 Å². The van der Waals surface area contributed by atoms with Crippen molar-refractivity contribution in [2.45, 2.75) is 116 Å². The molecule has 0 aliphatic rings. The monoisotopic (exact) mass is 900 g/mol. The zero-order chi connectivity index (χ0) is 46.2. The van der Waals surface area contributed by atoms with E-state index in [9.17, 15) is 44.4 Å². The lowest BCUT2D eigenvalue weighted by Gasteiger charge is -2.23. The van der Waals surface area contributed by atoms with Crippen molar-refractivity contribution in [1.82, 2.24) is 50.0 Å². The zero-order valence-corrected chi connectivity index (χ0v) is 37.0. The smallest absolute Gasteiger partial charge is 0.382 e. The van der Waals surface area contributed by atoms with Gasteiger partial charge in [0.2, 0.25) is 17.7 Å². The third-order valence-electron chi connectivity index (χ3n) is 10.3. The molecule has 0 saturated heterocycles. The first-order valence-electron chi connectivity index (χ1n) is 22.6. The molecule has 22 nitrogen and oxygen atoms in total. The molecule has 3 aromatic rings. The molecule has 3 amide bonds. The molecule has 0 unspecified atom stereocenters. The summed E-state index contributed by atoms with van der Waals surface area (Å²) in [5.41, 5.74) is -2.21. The highest BCUT2D eigenvalue weighted by molar-refractivity contribution is 5.76. The number of rotatable bonds is 36. The molecule has 22 heteroatoms.